The third-order valence-corrected chi connectivity index (χ3v) is 3.54. The van der Waals surface area contributed by atoms with Crippen molar-refractivity contribution in [2.24, 2.45) is 0 Å². The van der Waals surface area contributed by atoms with Gasteiger partial charge in [0.05, 0.1) is 6.07 Å². The zero-order valence-corrected chi connectivity index (χ0v) is 10.7. The second-order valence-corrected chi connectivity index (χ2v) is 4.85. The zero-order valence-electron chi connectivity index (χ0n) is 9.91. The molecule has 1 aromatic heterocycles. The summed E-state index contributed by atoms with van der Waals surface area (Å²) < 4.78 is 2.27. The van der Waals surface area contributed by atoms with Crippen molar-refractivity contribution in [3.05, 3.63) is 18.2 Å². The van der Waals surface area contributed by atoms with E-state index in [-0.39, 0.29) is 0 Å². The van der Waals surface area contributed by atoms with Gasteiger partial charge < -0.3 is 0 Å². The predicted molar refractivity (Wildman–Crippen MR) is 66.9 cm³/mol. The van der Waals surface area contributed by atoms with E-state index in [9.17, 15) is 0 Å². The van der Waals surface area contributed by atoms with Crippen LogP contribution in [0.15, 0.2) is 12.4 Å². The SMILES string of the molecule is CCCSC[n+]1cc[nH]c1CCCCC#N. The lowest BCUT2D eigenvalue weighted by molar-refractivity contribution is -0.682. The first-order chi connectivity index (χ1) is 7.88. The molecule has 0 bridgehead atoms. The molecule has 1 aromatic rings. The second-order valence-electron chi connectivity index (χ2n) is 3.78. The normalized spacial score (nSPS) is 10.2. The van der Waals surface area contributed by atoms with Crippen molar-refractivity contribution in [2.45, 2.75) is 44.9 Å². The molecule has 0 atom stereocenters. The molecule has 0 radical (unpaired) electrons. The number of nitrogens with one attached hydrogen (secondary N) is 1. The van der Waals surface area contributed by atoms with E-state index in [0.717, 1.165) is 25.1 Å². The second kappa shape index (κ2) is 8.23. The Kier molecular flexibility index (Phi) is 6.75. The Hall–Kier alpha value is -0.950. The highest BCUT2D eigenvalue weighted by atomic mass is 32.2. The number of aromatic nitrogens is 2. The third-order valence-electron chi connectivity index (χ3n) is 2.38. The maximum Gasteiger partial charge on any atom is 0.254 e. The Balaban J connectivity index is 2.29. The molecule has 0 unspecified atom stereocenters. The molecule has 0 spiro atoms. The minimum atomic E-state index is 0.672. The van der Waals surface area contributed by atoms with Crippen LogP contribution in [0.5, 0.6) is 0 Å². The summed E-state index contributed by atoms with van der Waals surface area (Å²) in [5, 5.41) is 8.45. The molecule has 0 aliphatic carbocycles. The molecule has 0 amide bonds. The molecule has 1 heterocycles. The van der Waals surface area contributed by atoms with Crippen LogP contribution >= 0.6 is 11.8 Å². The Bertz CT molecular complexity index is 327. The predicted octanol–water partition coefficient (Wildman–Crippen LogP) is 2.64. The number of nitriles is 1. The van der Waals surface area contributed by atoms with E-state index < -0.39 is 0 Å². The van der Waals surface area contributed by atoms with Crippen molar-refractivity contribution < 1.29 is 4.57 Å². The van der Waals surface area contributed by atoms with E-state index in [2.05, 4.69) is 28.7 Å². The smallest absolute Gasteiger partial charge is 0.248 e. The lowest BCUT2D eigenvalue weighted by Crippen LogP contribution is -2.34. The van der Waals surface area contributed by atoms with E-state index in [1.54, 1.807) is 0 Å². The fourth-order valence-electron chi connectivity index (χ4n) is 1.54. The fourth-order valence-corrected chi connectivity index (χ4v) is 2.39. The van der Waals surface area contributed by atoms with Crippen LogP contribution in [0.1, 0.15) is 38.4 Å². The summed E-state index contributed by atoms with van der Waals surface area (Å²) in [6.45, 7) is 2.21. The van der Waals surface area contributed by atoms with Gasteiger partial charge in [0.15, 0.2) is 0 Å². The molecule has 16 heavy (non-hydrogen) atoms. The van der Waals surface area contributed by atoms with Crippen molar-refractivity contribution in [3.63, 3.8) is 0 Å². The molecular formula is C12H20N3S+. The van der Waals surface area contributed by atoms with E-state index in [4.69, 9.17) is 5.26 Å². The molecule has 0 aromatic carbocycles. The van der Waals surface area contributed by atoms with E-state index in [1.165, 1.54) is 18.0 Å². The van der Waals surface area contributed by atoms with E-state index in [1.807, 2.05) is 18.0 Å². The number of rotatable bonds is 8. The van der Waals surface area contributed by atoms with Crippen LogP contribution in [-0.4, -0.2) is 10.7 Å². The van der Waals surface area contributed by atoms with Gasteiger partial charge in [0, 0.05) is 12.8 Å². The molecular weight excluding hydrogens is 218 g/mol. The van der Waals surface area contributed by atoms with Crippen LogP contribution in [0, 0.1) is 11.3 Å². The minimum Gasteiger partial charge on any atom is -0.248 e. The van der Waals surface area contributed by atoms with Crippen molar-refractivity contribution in [1.82, 2.24) is 4.98 Å². The standard InChI is InChI=1S/C12H19N3S/c1-2-10-16-11-15-9-8-14-12(15)6-4-3-5-7-13/h8-9H,2-6,10-11H2,1H3/p+1. The average molecular weight is 238 g/mol. The summed E-state index contributed by atoms with van der Waals surface area (Å²) in [7, 11) is 0. The van der Waals surface area contributed by atoms with Gasteiger partial charge in [-0.15, -0.1) is 11.8 Å². The number of unbranched alkanes of at least 4 members (excludes halogenated alkanes) is 2. The van der Waals surface area contributed by atoms with Gasteiger partial charge in [0.1, 0.15) is 18.3 Å². The Morgan fingerprint density at radius 1 is 1.50 bits per heavy atom. The number of H-pyrrole nitrogens is 1. The van der Waals surface area contributed by atoms with Crippen molar-refractivity contribution in [2.75, 3.05) is 5.75 Å². The maximum atomic E-state index is 8.45. The lowest BCUT2D eigenvalue weighted by Gasteiger charge is -2.00. The quantitative estimate of drug-likeness (QED) is 0.559. The van der Waals surface area contributed by atoms with Crippen LogP contribution in [0.2, 0.25) is 0 Å². The summed E-state index contributed by atoms with van der Waals surface area (Å²) in [6, 6.07) is 2.18. The first-order valence-electron chi connectivity index (χ1n) is 5.89. The van der Waals surface area contributed by atoms with Gasteiger partial charge in [0.2, 0.25) is 0 Å². The van der Waals surface area contributed by atoms with Crippen LogP contribution in [0.4, 0.5) is 0 Å². The monoisotopic (exact) mass is 238 g/mol. The Labute approximate surface area is 102 Å². The first-order valence-corrected chi connectivity index (χ1v) is 7.04. The summed E-state index contributed by atoms with van der Waals surface area (Å²) in [4.78, 5) is 3.28. The number of aryl methyl sites for hydroxylation is 1. The minimum absolute atomic E-state index is 0.672. The van der Waals surface area contributed by atoms with Gasteiger partial charge in [-0.3, -0.25) is 0 Å². The number of aromatic amines is 1. The number of imidazole rings is 1. The van der Waals surface area contributed by atoms with E-state index >= 15 is 0 Å². The molecule has 0 fully saturated rings. The number of thioether (sulfide) groups is 1. The van der Waals surface area contributed by atoms with Crippen molar-refractivity contribution >= 4 is 11.8 Å². The average Bonchev–Trinajstić information content (AvgIpc) is 2.73. The number of hydrogen-bond donors (Lipinski definition) is 1. The van der Waals surface area contributed by atoms with Gasteiger partial charge in [-0.05, 0) is 25.0 Å². The zero-order chi connectivity index (χ0) is 11.6. The summed E-state index contributed by atoms with van der Waals surface area (Å²) >= 11 is 1.96. The van der Waals surface area contributed by atoms with Gasteiger partial charge in [-0.2, -0.15) is 5.26 Å². The largest absolute Gasteiger partial charge is 0.254 e. The summed E-state index contributed by atoms with van der Waals surface area (Å²) in [6.07, 6.45) is 9.12. The van der Waals surface area contributed by atoms with Crippen molar-refractivity contribution in [1.29, 1.82) is 5.26 Å². The first kappa shape index (κ1) is 13.1. The van der Waals surface area contributed by atoms with Crippen LogP contribution in [0.25, 0.3) is 0 Å². The third kappa shape index (κ3) is 4.71. The van der Waals surface area contributed by atoms with Gasteiger partial charge in [0.25, 0.3) is 5.82 Å². The maximum absolute atomic E-state index is 8.45. The van der Waals surface area contributed by atoms with Gasteiger partial charge >= 0.3 is 0 Å². The van der Waals surface area contributed by atoms with Crippen molar-refractivity contribution in [3.8, 4) is 6.07 Å². The van der Waals surface area contributed by atoms with E-state index in [0.29, 0.717) is 6.42 Å². The van der Waals surface area contributed by atoms with Crippen LogP contribution in [-0.2, 0) is 12.3 Å². The Morgan fingerprint density at radius 2 is 2.38 bits per heavy atom. The topological polar surface area (TPSA) is 43.5 Å². The lowest BCUT2D eigenvalue weighted by atomic mass is 10.2. The summed E-state index contributed by atoms with van der Waals surface area (Å²) in [5.74, 6) is 3.53. The highest BCUT2D eigenvalue weighted by Crippen LogP contribution is 2.04. The molecule has 0 aliphatic rings. The van der Waals surface area contributed by atoms with Crippen LogP contribution < -0.4 is 4.57 Å². The fraction of sp³-hybridized carbons (Fsp3) is 0.667. The molecule has 3 nitrogen and oxygen atoms in total. The highest BCUT2D eigenvalue weighted by molar-refractivity contribution is 7.98. The molecule has 0 aliphatic heterocycles. The number of hydrogen-bond acceptors (Lipinski definition) is 2. The Morgan fingerprint density at radius 3 is 3.12 bits per heavy atom. The molecule has 1 N–H and O–H groups in total. The molecule has 4 heteroatoms. The summed E-state index contributed by atoms with van der Waals surface area (Å²) in [5.41, 5.74) is 0. The van der Waals surface area contributed by atoms with Gasteiger partial charge in [-0.1, -0.05) is 6.92 Å². The molecule has 1 rings (SSSR count). The molecule has 0 saturated heterocycles. The molecule has 0 saturated carbocycles. The van der Waals surface area contributed by atoms with Gasteiger partial charge in [-0.25, -0.2) is 9.55 Å². The highest BCUT2D eigenvalue weighted by Gasteiger charge is 2.09. The van der Waals surface area contributed by atoms with Crippen LogP contribution in [0.3, 0.4) is 0 Å². The number of nitrogens with zero attached hydrogens (tertiary/aromatic N) is 2. The molecule has 88 valence electrons.